The molecule has 2 rings (SSSR count). The van der Waals surface area contributed by atoms with E-state index in [0.29, 0.717) is 18.2 Å². The van der Waals surface area contributed by atoms with Crippen LogP contribution >= 0.6 is 23.2 Å². The maximum absolute atomic E-state index is 13.0. The van der Waals surface area contributed by atoms with Crippen LogP contribution in [0.3, 0.4) is 0 Å². The minimum Gasteiger partial charge on any atom is -0.274 e. The van der Waals surface area contributed by atoms with Gasteiger partial charge >= 0.3 is 0 Å². The lowest BCUT2D eigenvalue weighted by molar-refractivity contribution is 0.568. The van der Waals surface area contributed by atoms with Crippen LogP contribution in [0.25, 0.3) is 0 Å². The Kier molecular flexibility index (Phi) is 4.07. The average Bonchev–Trinajstić information content (AvgIpc) is 2.33. The van der Waals surface area contributed by atoms with Gasteiger partial charge in [0.1, 0.15) is 23.6 Å². The van der Waals surface area contributed by atoms with E-state index in [-0.39, 0.29) is 16.0 Å². The summed E-state index contributed by atoms with van der Waals surface area (Å²) in [6, 6.07) is 1.85. The van der Waals surface area contributed by atoms with E-state index < -0.39 is 26.6 Å². The van der Waals surface area contributed by atoms with E-state index in [1.807, 2.05) is 4.72 Å². The van der Waals surface area contributed by atoms with E-state index in [0.717, 1.165) is 6.33 Å². The number of hydrogen-bond acceptors (Lipinski definition) is 4. The van der Waals surface area contributed by atoms with Crippen molar-refractivity contribution in [2.24, 2.45) is 0 Å². The summed E-state index contributed by atoms with van der Waals surface area (Å²) in [4.78, 5) is 6.48. The van der Waals surface area contributed by atoms with Gasteiger partial charge in [0.2, 0.25) is 0 Å². The Balaban J connectivity index is 2.46. The molecule has 1 heterocycles. The number of anilines is 1. The molecule has 5 nitrogen and oxygen atoms in total. The minimum absolute atomic E-state index is 0.245. The van der Waals surface area contributed by atoms with Gasteiger partial charge in [0.15, 0.2) is 10.3 Å². The van der Waals surface area contributed by atoms with Crippen LogP contribution in [0.5, 0.6) is 0 Å². The van der Waals surface area contributed by atoms with Crippen molar-refractivity contribution in [2.75, 3.05) is 4.72 Å². The van der Waals surface area contributed by atoms with E-state index in [1.54, 1.807) is 0 Å². The third-order valence-electron chi connectivity index (χ3n) is 2.14. The van der Waals surface area contributed by atoms with Gasteiger partial charge in [0.05, 0.1) is 4.90 Å². The molecule has 0 unspecified atom stereocenters. The first-order valence-electron chi connectivity index (χ1n) is 4.94. The highest BCUT2D eigenvalue weighted by Crippen LogP contribution is 2.28. The van der Waals surface area contributed by atoms with Crippen molar-refractivity contribution < 1.29 is 17.2 Å². The van der Waals surface area contributed by atoms with Crippen molar-refractivity contribution in [3.8, 4) is 0 Å². The molecule has 20 heavy (non-hydrogen) atoms. The van der Waals surface area contributed by atoms with Crippen LogP contribution in [0, 0.1) is 11.6 Å². The topological polar surface area (TPSA) is 72.0 Å². The van der Waals surface area contributed by atoms with Crippen molar-refractivity contribution in [2.45, 2.75) is 4.90 Å². The number of benzene rings is 1. The predicted molar refractivity (Wildman–Crippen MR) is 69.2 cm³/mol. The van der Waals surface area contributed by atoms with Gasteiger partial charge in [-0.1, -0.05) is 23.2 Å². The van der Waals surface area contributed by atoms with E-state index >= 15 is 0 Å². The number of nitrogens with zero attached hydrogens (tertiary/aromatic N) is 2. The molecule has 0 aliphatic heterocycles. The summed E-state index contributed by atoms with van der Waals surface area (Å²) < 4.78 is 52.1. The van der Waals surface area contributed by atoms with E-state index in [2.05, 4.69) is 9.97 Å². The quantitative estimate of drug-likeness (QED) is 0.872. The monoisotopic (exact) mass is 339 g/mol. The Labute approximate surface area is 122 Å². The molecule has 0 saturated carbocycles. The van der Waals surface area contributed by atoms with E-state index in [4.69, 9.17) is 23.2 Å². The molecule has 2 aromatic rings. The molecule has 0 saturated heterocycles. The number of halogens is 4. The molecular formula is C10H5Cl2F2N3O2S. The van der Waals surface area contributed by atoms with Crippen molar-refractivity contribution in [1.82, 2.24) is 9.97 Å². The highest BCUT2D eigenvalue weighted by atomic mass is 35.5. The molecule has 0 spiro atoms. The second-order valence-electron chi connectivity index (χ2n) is 3.54. The summed E-state index contributed by atoms with van der Waals surface area (Å²) in [5, 5.41) is -0.490. The molecule has 0 aliphatic carbocycles. The molecule has 0 radical (unpaired) electrons. The van der Waals surface area contributed by atoms with Crippen LogP contribution in [0.15, 0.2) is 29.4 Å². The van der Waals surface area contributed by atoms with Crippen molar-refractivity contribution in [1.29, 1.82) is 0 Å². The summed E-state index contributed by atoms with van der Waals surface area (Å²) in [7, 11) is -4.28. The first kappa shape index (κ1) is 14.9. The molecule has 1 N–H and O–H groups in total. The summed E-state index contributed by atoms with van der Waals surface area (Å²) >= 11 is 11.3. The first-order valence-corrected chi connectivity index (χ1v) is 7.18. The second kappa shape index (κ2) is 5.47. The number of hydrogen-bond donors (Lipinski definition) is 1. The molecule has 0 atom stereocenters. The summed E-state index contributed by atoms with van der Waals surface area (Å²) in [6.45, 7) is 0. The number of aromatic nitrogens is 2. The molecule has 1 aromatic heterocycles. The van der Waals surface area contributed by atoms with Crippen molar-refractivity contribution in [3.63, 3.8) is 0 Å². The molecular weight excluding hydrogens is 335 g/mol. The second-order valence-corrected chi connectivity index (χ2v) is 5.94. The van der Waals surface area contributed by atoms with Crippen LogP contribution in [-0.4, -0.2) is 18.4 Å². The lowest BCUT2D eigenvalue weighted by Crippen LogP contribution is -2.15. The molecule has 1 aromatic carbocycles. The molecule has 0 bridgehead atoms. The molecule has 106 valence electrons. The normalized spacial score (nSPS) is 11.4. The molecule has 0 fully saturated rings. The van der Waals surface area contributed by atoms with Gasteiger partial charge in [-0.25, -0.2) is 27.2 Å². The SMILES string of the molecule is O=S(=O)(Nc1c(Cl)ncnc1Cl)c1cc(F)cc(F)c1. The van der Waals surface area contributed by atoms with Gasteiger partial charge in [0.25, 0.3) is 10.0 Å². The molecule has 10 heteroatoms. The maximum atomic E-state index is 13.0. The van der Waals surface area contributed by atoms with Crippen LogP contribution in [0.4, 0.5) is 14.5 Å². The van der Waals surface area contributed by atoms with Gasteiger partial charge in [-0.2, -0.15) is 0 Å². The summed E-state index contributed by atoms with van der Waals surface area (Å²) in [5.74, 6) is -2.07. The van der Waals surface area contributed by atoms with Gasteiger partial charge < -0.3 is 0 Å². The fraction of sp³-hybridized carbons (Fsp3) is 0. The van der Waals surface area contributed by atoms with Crippen molar-refractivity contribution >= 4 is 38.9 Å². The molecule has 0 amide bonds. The smallest absolute Gasteiger partial charge is 0.262 e. The van der Waals surface area contributed by atoms with Gasteiger partial charge in [0, 0.05) is 6.07 Å². The Morgan fingerprint density at radius 1 is 1.00 bits per heavy atom. The fourth-order valence-corrected chi connectivity index (χ4v) is 2.94. The van der Waals surface area contributed by atoms with Crippen molar-refractivity contribution in [3.05, 3.63) is 46.5 Å². The number of nitrogens with one attached hydrogen (secondary N) is 1. The maximum Gasteiger partial charge on any atom is 0.262 e. The zero-order valence-corrected chi connectivity index (χ0v) is 11.8. The van der Waals surface area contributed by atoms with Crippen LogP contribution in [0.1, 0.15) is 0 Å². The standard InChI is InChI=1S/C10H5Cl2F2N3O2S/c11-9-8(10(12)16-4-15-9)17-20(18,19)7-2-5(13)1-6(14)3-7/h1-4,17H. The Morgan fingerprint density at radius 2 is 1.50 bits per heavy atom. The van der Waals surface area contributed by atoms with Crippen LogP contribution in [-0.2, 0) is 10.0 Å². The van der Waals surface area contributed by atoms with Crippen LogP contribution < -0.4 is 4.72 Å². The highest BCUT2D eigenvalue weighted by molar-refractivity contribution is 7.92. The zero-order valence-electron chi connectivity index (χ0n) is 9.44. The van der Waals surface area contributed by atoms with Gasteiger partial charge in [-0.15, -0.1) is 0 Å². The third kappa shape index (κ3) is 3.14. The lowest BCUT2D eigenvalue weighted by atomic mass is 10.3. The van der Waals surface area contributed by atoms with E-state index in [1.165, 1.54) is 0 Å². The minimum atomic E-state index is -4.28. The van der Waals surface area contributed by atoms with Crippen LogP contribution in [0.2, 0.25) is 10.3 Å². The Hall–Kier alpha value is -1.51. The number of sulfonamides is 1. The predicted octanol–water partition coefficient (Wildman–Crippen LogP) is 2.86. The zero-order chi connectivity index (χ0) is 14.9. The average molecular weight is 340 g/mol. The van der Waals surface area contributed by atoms with Gasteiger partial charge in [-0.05, 0) is 12.1 Å². The van der Waals surface area contributed by atoms with Gasteiger partial charge in [-0.3, -0.25) is 4.72 Å². The third-order valence-corrected chi connectivity index (χ3v) is 4.04. The Bertz CT molecular complexity index is 731. The first-order chi connectivity index (χ1) is 9.29. The summed E-state index contributed by atoms with van der Waals surface area (Å²) in [6.07, 6.45) is 1.03. The largest absolute Gasteiger partial charge is 0.274 e. The Morgan fingerprint density at radius 3 is 2.00 bits per heavy atom. The summed E-state index contributed by atoms with van der Waals surface area (Å²) in [5.41, 5.74) is -0.277. The van der Waals surface area contributed by atoms with E-state index in [9.17, 15) is 17.2 Å². The lowest BCUT2D eigenvalue weighted by Gasteiger charge is -2.10. The fourth-order valence-electron chi connectivity index (χ4n) is 1.31. The highest BCUT2D eigenvalue weighted by Gasteiger charge is 2.20. The molecule has 0 aliphatic rings. The number of rotatable bonds is 3.